The van der Waals surface area contributed by atoms with Crippen LogP contribution in [0.1, 0.15) is 42.4 Å². The van der Waals surface area contributed by atoms with Crippen molar-refractivity contribution in [2.24, 2.45) is 5.92 Å². The topological polar surface area (TPSA) is 85.2 Å². The van der Waals surface area contributed by atoms with E-state index in [4.69, 9.17) is 9.47 Å². The summed E-state index contributed by atoms with van der Waals surface area (Å²) in [5.41, 5.74) is 1.16. The highest BCUT2D eigenvalue weighted by Crippen LogP contribution is 2.32. The van der Waals surface area contributed by atoms with E-state index in [1.807, 2.05) is 46.0 Å². The molecular weight excluding hydrogens is 482 g/mol. The van der Waals surface area contributed by atoms with Gasteiger partial charge in [0.1, 0.15) is 22.9 Å². The van der Waals surface area contributed by atoms with Crippen LogP contribution in [-0.2, 0) is 15.9 Å². The minimum absolute atomic E-state index is 0.118. The van der Waals surface area contributed by atoms with E-state index in [9.17, 15) is 9.59 Å². The Kier molecular flexibility index (Phi) is 7.49. The maximum absolute atomic E-state index is 15.3. The Bertz CT molecular complexity index is 1310. The number of pyridine rings is 1. The van der Waals surface area contributed by atoms with Crippen molar-refractivity contribution in [2.75, 3.05) is 33.4 Å². The van der Waals surface area contributed by atoms with Gasteiger partial charge in [0.2, 0.25) is 0 Å². The molecule has 3 heterocycles. The van der Waals surface area contributed by atoms with Gasteiger partial charge in [-0.05, 0) is 63.9 Å². The van der Waals surface area contributed by atoms with Gasteiger partial charge in [-0.3, -0.25) is 4.79 Å². The summed E-state index contributed by atoms with van der Waals surface area (Å²) in [5, 5.41) is 2.37. The molecule has 10 heteroatoms. The highest BCUT2D eigenvalue weighted by molar-refractivity contribution is 5.94. The minimum atomic E-state index is -0.882. The normalized spacial score (nSPS) is 16.5. The first-order valence-electron chi connectivity index (χ1n) is 12.2. The summed E-state index contributed by atoms with van der Waals surface area (Å²) in [6, 6.07) is 5.74. The van der Waals surface area contributed by atoms with E-state index in [1.54, 1.807) is 9.30 Å². The number of ether oxygens (including phenoxy) is 2. The van der Waals surface area contributed by atoms with Gasteiger partial charge in [0.05, 0.1) is 30.2 Å². The van der Waals surface area contributed by atoms with Gasteiger partial charge in [-0.15, -0.1) is 0 Å². The van der Waals surface area contributed by atoms with Crippen LogP contribution >= 0.6 is 0 Å². The number of benzene rings is 1. The summed E-state index contributed by atoms with van der Waals surface area (Å²) < 4.78 is 43.7. The first-order valence-corrected chi connectivity index (χ1v) is 12.2. The maximum atomic E-state index is 15.3. The van der Waals surface area contributed by atoms with E-state index in [1.165, 1.54) is 7.05 Å². The Morgan fingerprint density at radius 3 is 2.57 bits per heavy atom. The van der Waals surface area contributed by atoms with E-state index in [2.05, 4.69) is 10.3 Å². The van der Waals surface area contributed by atoms with E-state index in [-0.39, 0.29) is 22.7 Å². The number of carbonyl (C=O) groups excluding carboxylic acids is 2. The van der Waals surface area contributed by atoms with E-state index < -0.39 is 29.2 Å². The van der Waals surface area contributed by atoms with Crippen LogP contribution in [-0.4, -0.2) is 65.2 Å². The number of rotatable bonds is 4. The largest absolute Gasteiger partial charge is 0.444 e. The van der Waals surface area contributed by atoms with E-state index in [0.29, 0.717) is 44.1 Å². The van der Waals surface area contributed by atoms with Crippen LogP contribution in [0.4, 0.5) is 13.6 Å². The van der Waals surface area contributed by atoms with Crippen molar-refractivity contribution >= 4 is 17.6 Å². The van der Waals surface area contributed by atoms with Crippen molar-refractivity contribution in [1.29, 1.82) is 0 Å². The molecule has 0 saturated carbocycles. The Balaban J connectivity index is 1.74. The van der Waals surface area contributed by atoms with Gasteiger partial charge in [0.25, 0.3) is 5.91 Å². The molecule has 0 spiro atoms. The zero-order valence-electron chi connectivity index (χ0n) is 21.7. The van der Waals surface area contributed by atoms with Gasteiger partial charge >= 0.3 is 6.09 Å². The molecule has 198 valence electrons. The third kappa shape index (κ3) is 5.90. The van der Waals surface area contributed by atoms with Crippen LogP contribution < -0.4 is 5.32 Å². The standard InChI is InChI=1S/C27H32F2N4O4/c1-16-6-7-33-21(11-17-14-32(8-9-36-15-17)26(35)37-27(2,3)4)24(31-22(33)10-16)23-19(28)12-18(13-20(23)29)25(34)30-5/h6-7,10,12-13,17H,8-9,11,14-15H2,1-5H3,(H,30,34). The Morgan fingerprint density at radius 1 is 1.22 bits per heavy atom. The number of amides is 2. The molecule has 8 nitrogen and oxygen atoms in total. The highest BCUT2D eigenvalue weighted by atomic mass is 19.1. The summed E-state index contributed by atoms with van der Waals surface area (Å²) in [5.74, 6) is -2.53. The first-order chi connectivity index (χ1) is 17.5. The predicted molar refractivity (Wildman–Crippen MR) is 134 cm³/mol. The number of nitrogens with zero attached hydrogens (tertiary/aromatic N) is 3. The smallest absolute Gasteiger partial charge is 0.410 e. The second kappa shape index (κ2) is 10.5. The quantitative estimate of drug-likeness (QED) is 0.559. The van der Waals surface area contributed by atoms with Crippen molar-refractivity contribution in [3.05, 3.63) is 58.9 Å². The molecule has 3 aromatic rings. The fraction of sp³-hybridized carbons (Fsp3) is 0.444. The van der Waals surface area contributed by atoms with E-state index in [0.717, 1.165) is 17.7 Å². The molecule has 0 bridgehead atoms. The lowest BCUT2D eigenvalue weighted by Crippen LogP contribution is -2.40. The number of aryl methyl sites for hydroxylation is 1. The lowest BCUT2D eigenvalue weighted by Gasteiger charge is -2.27. The molecule has 0 aliphatic carbocycles. The number of carbonyl (C=O) groups is 2. The van der Waals surface area contributed by atoms with Crippen molar-refractivity contribution in [1.82, 2.24) is 19.6 Å². The van der Waals surface area contributed by atoms with E-state index >= 15 is 8.78 Å². The number of hydrogen-bond donors (Lipinski definition) is 1. The number of hydrogen-bond acceptors (Lipinski definition) is 5. The summed E-state index contributed by atoms with van der Waals surface area (Å²) >= 11 is 0. The molecule has 1 N–H and O–H groups in total. The van der Waals surface area contributed by atoms with Gasteiger partial charge in [-0.25, -0.2) is 18.6 Å². The monoisotopic (exact) mass is 514 g/mol. The van der Waals surface area contributed by atoms with Crippen LogP contribution in [0.2, 0.25) is 0 Å². The van der Waals surface area contributed by atoms with Crippen LogP contribution in [0.3, 0.4) is 0 Å². The number of nitrogens with one attached hydrogen (secondary N) is 1. The van der Waals surface area contributed by atoms with Gasteiger partial charge in [-0.1, -0.05) is 0 Å². The molecule has 37 heavy (non-hydrogen) atoms. The molecule has 1 saturated heterocycles. The SMILES string of the molecule is CNC(=O)c1cc(F)c(-c2nc3cc(C)ccn3c2CC2COCCN(C(=O)OC(C)(C)C)C2)c(F)c1. The molecular formula is C27H32F2N4O4. The fourth-order valence-corrected chi connectivity index (χ4v) is 4.44. The molecule has 1 aliphatic rings. The summed E-state index contributed by atoms with van der Waals surface area (Å²) in [4.78, 5) is 30.9. The third-order valence-electron chi connectivity index (χ3n) is 6.12. The van der Waals surface area contributed by atoms with Crippen LogP contribution in [0.15, 0.2) is 30.5 Å². The van der Waals surface area contributed by atoms with Crippen molar-refractivity contribution in [3.8, 4) is 11.3 Å². The Labute approximate surface area is 214 Å². The molecule has 1 atom stereocenters. The van der Waals surface area contributed by atoms with Gasteiger partial charge < -0.3 is 24.1 Å². The van der Waals surface area contributed by atoms with Crippen LogP contribution in [0.25, 0.3) is 16.9 Å². The molecule has 0 radical (unpaired) electrons. The van der Waals surface area contributed by atoms with Crippen molar-refractivity contribution in [2.45, 2.75) is 39.7 Å². The maximum Gasteiger partial charge on any atom is 0.410 e. The predicted octanol–water partition coefficient (Wildman–Crippen LogP) is 4.37. The molecule has 1 fully saturated rings. The number of fused-ring (bicyclic) bond motifs is 1. The third-order valence-corrected chi connectivity index (χ3v) is 6.12. The zero-order valence-corrected chi connectivity index (χ0v) is 21.7. The van der Waals surface area contributed by atoms with Crippen molar-refractivity contribution < 1.29 is 27.8 Å². The molecule has 4 rings (SSSR count). The first kappa shape index (κ1) is 26.5. The lowest BCUT2D eigenvalue weighted by atomic mass is 9.98. The number of halogens is 2. The summed E-state index contributed by atoms with van der Waals surface area (Å²) in [6.45, 7) is 8.79. The van der Waals surface area contributed by atoms with Gasteiger partial charge in [0.15, 0.2) is 0 Å². The zero-order chi connectivity index (χ0) is 26.9. The Morgan fingerprint density at radius 2 is 1.92 bits per heavy atom. The fourth-order valence-electron chi connectivity index (χ4n) is 4.44. The number of imidazole rings is 1. The lowest BCUT2D eigenvalue weighted by molar-refractivity contribution is 0.0233. The summed E-state index contributed by atoms with van der Waals surface area (Å²) in [7, 11) is 1.39. The van der Waals surface area contributed by atoms with Crippen LogP contribution in [0, 0.1) is 24.5 Å². The second-order valence-electron chi connectivity index (χ2n) is 10.3. The molecule has 1 unspecified atom stereocenters. The van der Waals surface area contributed by atoms with Crippen LogP contribution in [0.5, 0.6) is 0 Å². The molecule has 1 aliphatic heterocycles. The second-order valence-corrected chi connectivity index (χ2v) is 10.3. The van der Waals surface area contributed by atoms with Gasteiger partial charge in [-0.2, -0.15) is 0 Å². The number of aromatic nitrogens is 2. The van der Waals surface area contributed by atoms with Gasteiger partial charge in [0, 0.05) is 37.8 Å². The minimum Gasteiger partial charge on any atom is -0.444 e. The molecule has 1 aromatic carbocycles. The average Bonchev–Trinajstić information content (AvgIpc) is 2.98. The highest BCUT2D eigenvalue weighted by Gasteiger charge is 2.30. The molecule has 2 amide bonds. The van der Waals surface area contributed by atoms with Crippen molar-refractivity contribution in [3.63, 3.8) is 0 Å². The summed E-state index contributed by atoms with van der Waals surface area (Å²) in [6.07, 6.45) is 1.72. The molecule has 2 aromatic heterocycles. The Hall–Kier alpha value is -3.53. The average molecular weight is 515 g/mol.